The van der Waals surface area contributed by atoms with Gasteiger partial charge >= 0.3 is 0 Å². The Hall–Kier alpha value is -2.61. The zero-order valence-corrected chi connectivity index (χ0v) is 19.2. The van der Waals surface area contributed by atoms with Crippen molar-refractivity contribution >= 4 is 38.8 Å². The fraction of sp³-hybridized carbons (Fsp3) is 0.478. The van der Waals surface area contributed by atoms with Gasteiger partial charge in [0.1, 0.15) is 11.9 Å². The fourth-order valence-corrected chi connectivity index (χ4v) is 5.31. The van der Waals surface area contributed by atoms with Gasteiger partial charge in [0.2, 0.25) is 5.91 Å². The Balaban J connectivity index is 1.70. The van der Waals surface area contributed by atoms with Crippen molar-refractivity contribution in [2.45, 2.75) is 62.4 Å². The molecule has 1 fully saturated rings. The quantitative estimate of drug-likeness (QED) is 0.717. The molecule has 4 rings (SSSR count). The molecular weight excluding hydrogens is 412 g/mol. The first-order chi connectivity index (χ1) is 14.8. The maximum absolute atomic E-state index is 12.9. The normalized spacial score (nSPS) is 20.4. The van der Waals surface area contributed by atoms with Crippen LogP contribution < -0.4 is 15.1 Å². The van der Waals surface area contributed by atoms with E-state index >= 15 is 0 Å². The van der Waals surface area contributed by atoms with Crippen molar-refractivity contribution in [3.05, 3.63) is 36.4 Å². The molecule has 166 valence electrons. The molecule has 1 N–H and O–H groups in total. The molecule has 0 unspecified atom stereocenters. The number of amides is 1. The van der Waals surface area contributed by atoms with Gasteiger partial charge in [0, 0.05) is 25.0 Å². The molecule has 8 heteroatoms. The Morgan fingerprint density at radius 3 is 2.45 bits per heavy atom. The number of fused-ring (bicyclic) bond motifs is 1. The minimum Gasteiger partial charge on any atom is -0.340 e. The van der Waals surface area contributed by atoms with Crippen LogP contribution in [0, 0.1) is 0 Å². The van der Waals surface area contributed by atoms with Gasteiger partial charge in [0.05, 0.1) is 10.6 Å². The van der Waals surface area contributed by atoms with Crippen LogP contribution in [0.15, 0.2) is 41.3 Å². The second-order valence-corrected chi connectivity index (χ2v) is 10.6. The van der Waals surface area contributed by atoms with E-state index in [2.05, 4.69) is 10.2 Å². The van der Waals surface area contributed by atoms with Gasteiger partial charge in [0.15, 0.2) is 15.7 Å². The van der Waals surface area contributed by atoms with E-state index in [1.165, 1.54) is 31.9 Å². The number of aromatic nitrogens is 1. The summed E-state index contributed by atoms with van der Waals surface area (Å²) in [5.74, 6) is 1.52. The zero-order chi connectivity index (χ0) is 22.2. The minimum atomic E-state index is -3.29. The van der Waals surface area contributed by atoms with Crippen LogP contribution >= 0.6 is 0 Å². The highest BCUT2D eigenvalue weighted by atomic mass is 32.2. The molecule has 1 aromatic carbocycles. The summed E-state index contributed by atoms with van der Waals surface area (Å²) in [7, 11) is -1.49. The summed E-state index contributed by atoms with van der Waals surface area (Å²) in [6.07, 6.45) is 8.15. The number of rotatable bonds is 4. The Bertz CT molecular complexity index is 1080. The van der Waals surface area contributed by atoms with Crippen LogP contribution in [0.5, 0.6) is 0 Å². The standard InChI is InChI=1S/C23H30N4O3S/c1-16-23(28)26(2)20-13-14-21(24-17-9-8-12-19(15-17)31(3,29)30)25-22(20)27(16)18-10-6-4-5-7-11-18/h8-9,12-16,18H,4-7,10-11H2,1-3H3,(H,24,25)/t16-/m1/s1. The molecular formula is C23H30N4O3S. The SMILES string of the molecule is C[C@@H]1C(=O)N(C)c2ccc(Nc3cccc(S(C)(=O)=O)c3)nc2N1C1CCCCCC1. The molecule has 1 atom stereocenters. The first kappa shape index (κ1) is 21.6. The van der Waals surface area contributed by atoms with Crippen LogP contribution in [0.3, 0.4) is 0 Å². The summed E-state index contributed by atoms with van der Waals surface area (Å²) in [5.41, 5.74) is 1.47. The van der Waals surface area contributed by atoms with E-state index in [0.29, 0.717) is 17.5 Å². The highest BCUT2D eigenvalue weighted by molar-refractivity contribution is 7.90. The summed E-state index contributed by atoms with van der Waals surface area (Å²) in [6.45, 7) is 1.96. The number of carbonyl (C=O) groups excluding carboxylic acids is 1. The Morgan fingerprint density at radius 1 is 1.06 bits per heavy atom. The highest BCUT2D eigenvalue weighted by Crippen LogP contribution is 2.39. The number of nitrogens with one attached hydrogen (secondary N) is 1. The van der Waals surface area contributed by atoms with E-state index in [1.54, 1.807) is 30.1 Å². The van der Waals surface area contributed by atoms with E-state index in [9.17, 15) is 13.2 Å². The molecule has 2 heterocycles. The molecule has 2 aliphatic rings. The number of nitrogens with zero attached hydrogens (tertiary/aromatic N) is 3. The van der Waals surface area contributed by atoms with Crippen molar-refractivity contribution in [2.24, 2.45) is 0 Å². The van der Waals surface area contributed by atoms with Crippen molar-refractivity contribution in [1.29, 1.82) is 0 Å². The predicted octanol–water partition coefficient (Wildman–Crippen LogP) is 4.12. The summed E-state index contributed by atoms with van der Waals surface area (Å²) < 4.78 is 23.8. The maximum atomic E-state index is 12.9. The van der Waals surface area contributed by atoms with Gasteiger partial charge < -0.3 is 15.1 Å². The van der Waals surface area contributed by atoms with Gasteiger partial charge in [-0.1, -0.05) is 31.7 Å². The first-order valence-corrected chi connectivity index (χ1v) is 12.8. The van der Waals surface area contributed by atoms with E-state index in [0.717, 1.165) is 24.3 Å². The topological polar surface area (TPSA) is 82.6 Å². The molecule has 1 aliphatic heterocycles. The summed E-state index contributed by atoms with van der Waals surface area (Å²) in [5, 5.41) is 3.24. The number of carbonyl (C=O) groups is 1. The third kappa shape index (κ3) is 4.39. The van der Waals surface area contributed by atoms with Crippen LogP contribution in [0.1, 0.15) is 45.4 Å². The van der Waals surface area contributed by atoms with E-state index in [1.807, 2.05) is 25.1 Å². The fourth-order valence-electron chi connectivity index (χ4n) is 4.64. The van der Waals surface area contributed by atoms with Gasteiger partial charge in [-0.25, -0.2) is 13.4 Å². The van der Waals surface area contributed by atoms with E-state index in [-0.39, 0.29) is 16.8 Å². The predicted molar refractivity (Wildman–Crippen MR) is 124 cm³/mol. The first-order valence-electron chi connectivity index (χ1n) is 10.9. The van der Waals surface area contributed by atoms with Gasteiger partial charge in [-0.15, -0.1) is 0 Å². The smallest absolute Gasteiger partial charge is 0.249 e. The molecule has 1 amide bonds. The van der Waals surface area contributed by atoms with Crippen LogP contribution in [0.4, 0.5) is 23.0 Å². The molecule has 1 saturated carbocycles. The second-order valence-electron chi connectivity index (χ2n) is 8.59. The number of likely N-dealkylation sites (N-methyl/N-ethyl adjacent to an activating group) is 1. The number of sulfone groups is 1. The van der Waals surface area contributed by atoms with Crippen LogP contribution in [-0.4, -0.2) is 44.7 Å². The molecule has 0 bridgehead atoms. The second kappa shape index (κ2) is 8.49. The largest absolute Gasteiger partial charge is 0.340 e. The average Bonchev–Trinajstić information content (AvgIpc) is 3.01. The van der Waals surface area contributed by atoms with E-state index < -0.39 is 9.84 Å². The van der Waals surface area contributed by atoms with Crippen molar-refractivity contribution in [3.63, 3.8) is 0 Å². The van der Waals surface area contributed by atoms with Crippen molar-refractivity contribution in [1.82, 2.24) is 4.98 Å². The molecule has 1 aromatic heterocycles. The molecule has 2 aromatic rings. The van der Waals surface area contributed by atoms with Crippen molar-refractivity contribution in [2.75, 3.05) is 28.4 Å². The minimum absolute atomic E-state index is 0.0834. The lowest BCUT2D eigenvalue weighted by Gasteiger charge is -2.43. The zero-order valence-electron chi connectivity index (χ0n) is 18.3. The summed E-state index contributed by atoms with van der Waals surface area (Å²) >= 11 is 0. The maximum Gasteiger partial charge on any atom is 0.249 e. The van der Waals surface area contributed by atoms with Gasteiger partial charge in [-0.05, 0) is 50.1 Å². The highest BCUT2D eigenvalue weighted by Gasteiger charge is 2.38. The summed E-state index contributed by atoms with van der Waals surface area (Å²) in [4.78, 5) is 22.0. The van der Waals surface area contributed by atoms with Crippen molar-refractivity contribution < 1.29 is 13.2 Å². The number of hydrogen-bond donors (Lipinski definition) is 1. The number of pyridine rings is 1. The Kier molecular flexibility index (Phi) is 5.92. The summed E-state index contributed by atoms with van der Waals surface area (Å²) in [6, 6.07) is 10.5. The third-order valence-electron chi connectivity index (χ3n) is 6.32. The molecule has 31 heavy (non-hydrogen) atoms. The lowest BCUT2D eigenvalue weighted by atomic mass is 10.0. The number of benzene rings is 1. The Morgan fingerprint density at radius 2 is 1.77 bits per heavy atom. The lowest BCUT2D eigenvalue weighted by molar-refractivity contribution is -0.119. The van der Waals surface area contributed by atoms with Gasteiger partial charge in [-0.2, -0.15) is 0 Å². The monoisotopic (exact) mass is 442 g/mol. The Labute approximate surface area is 184 Å². The van der Waals surface area contributed by atoms with Crippen LogP contribution in [-0.2, 0) is 14.6 Å². The average molecular weight is 443 g/mol. The number of anilines is 4. The lowest BCUT2D eigenvalue weighted by Crippen LogP contribution is -2.55. The molecule has 7 nitrogen and oxygen atoms in total. The van der Waals surface area contributed by atoms with Crippen LogP contribution in [0.25, 0.3) is 0 Å². The van der Waals surface area contributed by atoms with Crippen LogP contribution in [0.2, 0.25) is 0 Å². The van der Waals surface area contributed by atoms with E-state index in [4.69, 9.17) is 4.98 Å². The molecule has 0 spiro atoms. The molecule has 1 aliphatic carbocycles. The molecule has 0 saturated heterocycles. The molecule has 0 radical (unpaired) electrons. The van der Waals surface area contributed by atoms with Gasteiger partial charge in [0.25, 0.3) is 0 Å². The third-order valence-corrected chi connectivity index (χ3v) is 7.43. The number of hydrogen-bond acceptors (Lipinski definition) is 6. The van der Waals surface area contributed by atoms with Gasteiger partial charge in [-0.3, -0.25) is 4.79 Å². The van der Waals surface area contributed by atoms with Crippen molar-refractivity contribution in [3.8, 4) is 0 Å².